The predicted molar refractivity (Wildman–Crippen MR) is 80.7 cm³/mol. The van der Waals surface area contributed by atoms with Crippen LogP contribution in [0.25, 0.3) is 0 Å². The molecular formula is C16H22N2O3. The molecule has 2 aliphatic heterocycles. The standard InChI is InChI=1S/C16H22N2O3/c1-20-15-5-3-2-4-14(15)17-6-8-18(9-7-17)16(19)10-13-11-21-12-13/h2-5,13H,6-12H2,1H3. The van der Waals surface area contributed by atoms with Crippen molar-refractivity contribution in [2.24, 2.45) is 5.92 Å². The van der Waals surface area contributed by atoms with Crippen LogP contribution >= 0.6 is 0 Å². The number of hydrogen-bond acceptors (Lipinski definition) is 4. The average Bonchev–Trinajstić information content (AvgIpc) is 2.51. The van der Waals surface area contributed by atoms with Crippen LogP contribution in [0.15, 0.2) is 24.3 Å². The highest BCUT2D eigenvalue weighted by Crippen LogP contribution is 2.28. The number of methoxy groups -OCH3 is 1. The molecule has 0 radical (unpaired) electrons. The molecule has 2 heterocycles. The van der Waals surface area contributed by atoms with Gasteiger partial charge in [0.1, 0.15) is 5.75 Å². The minimum absolute atomic E-state index is 0.267. The first-order valence-electron chi connectivity index (χ1n) is 7.51. The number of carbonyl (C=O) groups is 1. The smallest absolute Gasteiger partial charge is 0.223 e. The lowest BCUT2D eigenvalue weighted by atomic mass is 10.0. The summed E-state index contributed by atoms with van der Waals surface area (Å²) in [6.07, 6.45) is 0.634. The molecule has 2 fully saturated rings. The van der Waals surface area contributed by atoms with Gasteiger partial charge in [-0.15, -0.1) is 0 Å². The molecule has 0 bridgehead atoms. The van der Waals surface area contributed by atoms with Gasteiger partial charge in [-0.3, -0.25) is 4.79 Å². The number of nitrogens with zero attached hydrogens (tertiary/aromatic N) is 2. The molecule has 0 aliphatic carbocycles. The Hall–Kier alpha value is -1.75. The Morgan fingerprint density at radius 1 is 1.24 bits per heavy atom. The lowest BCUT2D eigenvalue weighted by Crippen LogP contribution is -2.49. The summed E-state index contributed by atoms with van der Waals surface area (Å²) < 4.78 is 10.5. The number of anilines is 1. The van der Waals surface area contributed by atoms with Gasteiger partial charge in [0.2, 0.25) is 5.91 Å². The van der Waals surface area contributed by atoms with Gasteiger partial charge in [-0.1, -0.05) is 12.1 Å². The van der Waals surface area contributed by atoms with Crippen molar-refractivity contribution in [3.8, 4) is 5.75 Å². The van der Waals surface area contributed by atoms with Crippen LogP contribution in [0.4, 0.5) is 5.69 Å². The van der Waals surface area contributed by atoms with Gasteiger partial charge in [0, 0.05) is 38.5 Å². The van der Waals surface area contributed by atoms with E-state index in [2.05, 4.69) is 11.0 Å². The molecular weight excluding hydrogens is 268 g/mol. The molecule has 0 N–H and O–H groups in total. The summed E-state index contributed by atoms with van der Waals surface area (Å²) in [5, 5.41) is 0. The molecule has 0 saturated carbocycles. The summed E-state index contributed by atoms with van der Waals surface area (Å²) in [5.41, 5.74) is 1.11. The Balaban J connectivity index is 1.55. The van der Waals surface area contributed by atoms with Crippen LogP contribution < -0.4 is 9.64 Å². The average molecular weight is 290 g/mol. The number of hydrogen-bond donors (Lipinski definition) is 0. The monoisotopic (exact) mass is 290 g/mol. The van der Waals surface area contributed by atoms with Crippen molar-refractivity contribution in [3.05, 3.63) is 24.3 Å². The molecule has 1 aromatic carbocycles. The number of carbonyl (C=O) groups excluding carboxylic acids is 1. The fraction of sp³-hybridized carbons (Fsp3) is 0.562. The third-order valence-electron chi connectivity index (χ3n) is 4.23. The molecule has 5 nitrogen and oxygen atoms in total. The van der Waals surface area contributed by atoms with Crippen LogP contribution in [0.1, 0.15) is 6.42 Å². The SMILES string of the molecule is COc1ccccc1N1CCN(C(=O)CC2COC2)CC1. The van der Waals surface area contributed by atoms with E-state index in [0.717, 1.165) is 50.8 Å². The number of benzene rings is 1. The van der Waals surface area contributed by atoms with Crippen molar-refractivity contribution in [2.45, 2.75) is 6.42 Å². The van der Waals surface area contributed by atoms with Crippen LogP contribution in [-0.4, -0.2) is 57.3 Å². The number of ether oxygens (including phenoxy) is 2. The second-order valence-corrected chi connectivity index (χ2v) is 5.65. The number of para-hydroxylation sites is 2. The van der Waals surface area contributed by atoms with E-state index >= 15 is 0 Å². The lowest BCUT2D eigenvalue weighted by Gasteiger charge is -2.37. The molecule has 1 aromatic rings. The number of rotatable bonds is 4. The van der Waals surface area contributed by atoms with Crippen LogP contribution in [0.5, 0.6) is 5.75 Å². The zero-order valence-electron chi connectivity index (χ0n) is 12.5. The molecule has 0 aromatic heterocycles. The molecule has 0 atom stereocenters. The molecule has 0 unspecified atom stereocenters. The second kappa shape index (κ2) is 6.35. The van der Waals surface area contributed by atoms with Crippen LogP contribution in [0, 0.1) is 5.92 Å². The van der Waals surface area contributed by atoms with E-state index in [1.807, 2.05) is 23.1 Å². The first-order valence-corrected chi connectivity index (χ1v) is 7.51. The summed E-state index contributed by atoms with van der Waals surface area (Å²) in [6, 6.07) is 8.04. The summed E-state index contributed by atoms with van der Waals surface area (Å²) >= 11 is 0. The quantitative estimate of drug-likeness (QED) is 0.840. The zero-order chi connectivity index (χ0) is 14.7. The van der Waals surface area contributed by atoms with Crippen molar-refractivity contribution in [3.63, 3.8) is 0 Å². The topological polar surface area (TPSA) is 42.0 Å². The van der Waals surface area contributed by atoms with Gasteiger partial charge >= 0.3 is 0 Å². The van der Waals surface area contributed by atoms with Gasteiger partial charge < -0.3 is 19.3 Å². The molecule has 114 valence electrons. The van der Waals surface area contributed by atoms with E-state index < -0.39 is 0 Å². The van der Waals surface area contributed by atoms with E-state index in [1.54, 1.807) is 7.11 Å². The minimum atomic E-state index is 0.267. The first kappa shape index (κ1) is 14.2. The summed E-state index contributed by atoms with van der Waals surface area (Å²) in [5.74, 6) is 1.59. The zero-order valence-corrected chi connectivity index (χ0v) is 12.5. The van der Waals surface area contributed by atoms with Gasteiger partial charge in [-0.05, 0) is 12.1 Å². The highest BCUT2D eigenvalue weighted by molar-refractivity contribution is 5.77. The lowest BCUT2D eigenvalue weighted by molar-refractivity contribution is -0.136. The summed E-state index contributed by atoms with van der Waals surface area (Å²) in [7, 11) is 1.69. The van der Waals surface area contributed by atoms with E-state index in [1.165, 1.54) is 0 Å². The van der Waals surface area contributed by atoms with Crippen LogP contribution in [0.3, 0.4) is 0 Å². The first-order chi connectivity index (χ1) is 10.3. The highest BCUT2D eigenvalue weighted by atomic mass is 16.5. The van der Waals surface area contributed by atoms with Gasteiger partial charge in [0.25, 0.3) is 0 Å². The summed E-state index contributed by atoms with van der Waals surface area (Å²) in [6.45, 7) is 4.76. The van der Waals surface area contributed by atoms with E-state index in [-0.39, 0.29) is 5.91 Å². The van der Waals surface area contributed by atoms with E-state index in [0.29, 0.717) is 12.3 Å². The van der Waals surface area contributed by atoms with Crippen molar-refractivity contribution in [1.82, 2.24) is 4.90 Å². The fourth-order valence-electron chi connectivity index (χ4n) is 2.87. The molecule has 0 spiro atoms. The van der Waals surface area contributed by atoms with Crippen LogP contribution in [-0.2, 0) is 9.53 Å². The fourth-order valence-corrected chi connectivity index (χ4v) is 2.87. The van der Waals surface area contributed by atoms with Crippen molar-refractivity contribution < 1.29 is 14.3 Å². The second-order valence-electron chi connectivity index (χ2n) is 5.65. The highest BCUT2D eigenvalue weighted by Gasteiger charge is 2.27. The Morgan fingerprint density at radius 3 is 2.57 bits per heavy atom. The molecule has 3 rings (SSSR count). The Bertz CT molecular complexity index is 494. The van der Waals surface area contributed by atoms with E-state index in [9.17, 15) is 4.79 Å². The van der Waals surface area contributed by atoms with Gasteiger partial charge in [0.05, 0.1) is 26.0 Å². The third-order valence-corrected chi connectivity index (χ3v) is 4.23. The Morgan fingerprint density at radius 2 is 1.95 bits per heavy atom. The number of amides is 1. The minimum Gasteiger partial charge on any atom is -0.495 e. The molecule has 1 amide bonds. The summed E-state index contributed by atoms with van der Waals surface area (Å²) in [4.78, 5) is 16.5. The van der Waals surface area contributed by atoms with Crippen molar-refractivity contribution in [2.75, 3.05) is 51.4 Å². The predicted octanol–water partition coefficient (Wildman–Crippen LogP) is 1.38. The van der Waals surface area contributed by atoms with E-state index in [4.69, 9.17) is 9.47 Å². The Labute approximate surface area is 125 Å². The van der Waals surface area contributed by atoms with Crippen molar-refractivity contribution >= 4 is 11.6 Å². The molecule has 21 heavy (non-hydrogen) atoms. The largest absolute Gasteiger partial charge is 0.495 e. The van der Waals surface area contributed by atoms with Gasteiger partial charge in [-0.2, -0.15) is 0 Å². The van der Waals surface area contributed by atoms with Crippen LogP contribution in [0.2, 0.25) is 0 Å². The Kier molecular flexibility index (Phi) is 4.29. The van der Waals surface area contributed by atoms with Gasteiger partial charge in [-0.25, -0.2) is 0 Å². The van der Waals surface area contributed by atoms with Crippen molar-refractivity contribution in [1.29, 1.82) is 0 Å². The maximum Gasteiger partial charge on any atom is 0.223 e. The molecule has 2 aliphatic rings. The maximum absolute atomic E-state index is 12.2. The molecule has 5 heteroatoms. The van der Waals surface area contributed by atoms with Gasteiger partial charge in [0.15, 0.2) is 0 Å². The maximum atomic E-state index is 12.2. The third kappa shape index (κ3) is 3.13. The molecule has 2 saturated heterocycles. The number of piperazine rings is 1. The normalized spacial score (nSPS) is 19.3.